The van der Waals surface area contributed by atoms with Gasteiger partial charge in [0.05, 0.1) is 0 Å². The summed E-state index contributed by atoms with van der Waals surface area (Å²) in [6.45, 7) is 0.588. The van der Waals surface area contributed by atoms with Crippen molar-refractivity contribution in [1.29, 1.82) is 0 Å². The van der Waals surface area contributed by atoms with Gasteiger partial charge in [0.1, 0.15) is 0 Å². The molecule has 0 aliphatic rings. The van der Waals surface area contributed by atoms with Crippen molar-refractivity contribution >= 4 is 13.1 Å². The Labute approximate surface area is 59.9 Å². The monoisotopic (exact) mass is 143 g/mol. The van der Waals surface area contributed by atoms with Gasteiger partial charge >= 0.3 is 58.9 Å². The van der Waals surface area contributed by atoms with Crippen LogP contribution in [0.1, 0.15) is 12.8 Å². The third-order valence-electron chi connectivity index (χ3n) is 0.972. The molecule has 0 heterocycles. The Morgan fingerprint density at radius 3 is 2.80 bits per heavy atom. The second-order valence-electron chi connectivity index (χ2n) is 1.87. The summed E-state index contributed by atoms with van der Waals surface area (Å²) in [4.78, 5) is 9.93. The maximum absolute atomic E-state index is 9.93. The van der Waals surface area contributed by atoms with E-state index in [4.69, 9.17) is 5.11 Å². The molecule has 0 fully saturated rings. The van der Waals surface area contributed by atoms with Crippen LogP contribution in [0.4, 0.5) is 0 Å². The van der Waals surface area contributed by atoms with E-state index in [1.807, 2.05) is 0 Å². The summed E-state index contributed by atoms with van der Waals surface area (Å²) in [7, 11) is 0.751. The molecule has 10 heavy (non-hydrogen) atoms. The van der Waals surface area contributed by atoms with Crippen LogP contribution in [0.3, 0.4) is 0 Å². The Balaban J connectivity index is 2.90. The van der Waals surface area contributed by atoms with Gasteiger partial charge in [0, 0.05) is 0 Å². The van der Waals surface area contributed by atoms with Crippen LogP contribution >= 0.6 is 0 Å². The first-order chi connectivity index (χ1) is 4.77. The molecule has 4 nitrogen and oxygen atoms in total. The van der Waals surface area contributed by atoms with Crippen LogP contribution < -0.4 is 5.32 Å². The van der Waals surface area contributed by atoms with Crippen molar-refractivity contribution in [3.63, 3.8) is 0 Å². The Kier molecular flexibility index (Phi) is 5.96. The van der Waals surface area contributed by atoms with Gasteiger partial charge in [0.2, 0.25) is 0 Å². The van der Waals surface area contributed by atoms with Gasteiger partial charge < -0.3 is 0 Å². The van der Waals surface area contributed by atoms with Crippen LogP contribution in [-0.2, 0) is 9.50 Å². The Bertz CT molecular complexity index is 117. The maximum atomic E-state index is 9.93. The van der Waals surface area contributed by atoms with E-state index in [0.29, 0.717) is 19.4 Å². The fourth-order valence-electron chi connectivity index (χ4n) is 0.526. The zero-order chi connectivity index (χ0) is 7.82. The second-order valence-corrected chi connectivity index (χ2v) is 1.87. The molecule has 0 saturated heterocycles. The van der Waals surface area contributed by atoms with Crippen LogP contribution in [0.5, 0.6) is 0 Å². The predicted octanol–water partition coefficient (Wildman–Crippen LogP) is -0.552. The molecule has 0 aliphatic heterocycles. The number of hydrogen-bond acceptors (Lipinski definition) is 3. The number of aliphatic carboxylic acids is 1. The third kappa shape index (κ3) is 7.29. The molecule has 5 heteroatoms. The molecule has 0 bridgehead atoms. The summed E-state index contributed by atoms with van der Waals surface area (Å²) in [6, 6.07) is 0. The third-order valence-corrected chi connectivity index (χ3v) is 0.972. The fourth-order valence-corrected chi connectivity index (χ4v) is 0.526. The molecule has 0 rings (SSSR count). The van der Waals surface area contributed by atoms with E-state index < -0.39 is 5.97 Å². The van der Waals surface area contributed by atoms with Gasteiger partial charge in [-0.1, -0.05) is 0 Å². The van der Waals surface area contributed by atoms with Crippen LogP contribution in [0.2, 0.25) is 0 Å². The minimum atomic E-state index is -0.798. The molecule has 0 aromatic carbocycles. The summed E-state index contributed by atoms with van der Waals surface area (Å²) in [5.74, 6) is -0.798. The molecule has 0 unspecified atom stereocenters. The molecule has 0 atom stereocenters. The van der Waals surface area contributed by atoms with Gasteiger partial charge in [0.25, 0.3) is 0 Å². The van der Waals surface area contributed by atoms with Crippen LogP contribution in [-0.4, -0.2) is 31.2 Å². The van der Waals surface area contributed by atoms with Gasteiger partial charge in [-0.2, -0.15) is 0 Å². The van der Waals surface area contributed by atoms with Crippen molar-refractivity contribution in [3.05, 3.63) is 0 Å². The minimum absolute atomic E-state index is 0.159. The van der Waals surface area contributed by atoms with E-state index in [1.165, 1.54) is 0 Å². The first kappa shape index (κ1) is 9.29. The van der Waals surface area contributed by atoms with Crippen molar-refractivity contribution < 1.29 is 14.6 Å². The summed E-state index contributed by atoms with van der Waals surface area (Å²) >= 11 is 0. The van der Waals surface area contributed by atoms with E-state index >= 15 is 0 Å². The number of rotatable bonds is 6. The summed E-state index contributed by atoms with van der Waals surface area (Å²) in [5.41, 5.74) is 0. The van der Waals surface area contributed by atoms with Crippen molar-refractivity contribution in [2.45, 2.75) is 12.8 Å². The van der Waals surface area contributed by atoms with E-state index in [2.05, 4.69) is 5.32 Å². The number of hydrogen-bond donors (Lipinski definition) is 2. The molecule has 0 spiro atoms. The molecule has 0 aliphatic carbocycles. The topological polar surface area (TPSA) is 66.4 Å². The van der Waals surface area contributed by atoms with Gasteiger partial charge in [-0.3, -0.25) is 0 Å². The first-order valence-electron chi connectivity index (χ1n) is 3.13. The molecular weight excluding hydrogens is 133 g/mol. The summed E-state index contributed by atoms with van der Waals surface area (Å²) in [5, 5.41) is 10.9. The Morgan fingerprint density at radius 2 is 2.30 bits per heavy atom. The second kappa shape index (κ2) is 6.42. The molecular formula is C5H10BNO3. The Hall–Kier alpha value is -0.705. The first-order valence-corrected chi connectivity index (χ1v) is 3.13. The van der Waals surface area contributed by atoms with E-state index in [9.17, 15) is 9.50 Å². The van der Waals surface area contributed by atoms with Crippen LogP contribution in [0.25, 0.3) is 0 Å². The zero-order valence-electron chi connectivity index (χ0n) is 5.67. The van der Waals surface area contributed by atoms with Crippen LogP contribution in [0, 0.1) is 0 Å². The summed E-state index contributed by atoms with van der Waals surface area (Å²) < 4.78 is 9.72. The molecule has 0 amide bonds. The predicted molar refractivity (Wildman–Crippen MR) is 36.2 cm³/mol. The number of carbonyl (C=O) groups is 1. The number of carboxylic acid groups (broad SMARTS) is 1. The standard InChI is InChI=1S/C5H10BNO3/c8-5(9)2-1-3-7-4-6-10/h7H,1-4H2,(H,8,9). The summed E-state index contributed by atoms with van der Waals surface area (Å²) in [6.07, 6.45) is 1.04. The molecule has 56 valence electrons. The number of carboxylic acids is 1. The molecule has 0 radical (unpaired) electrons. The van der Waals surface area contributed by atoms with Crippen molar-refractivity contribution in [2.24, 2.45) is 0 Å². The average Bonchev–Trinajstić information content (AvgIpc) is 1.87. The normalized spacial score (nSPS) is 8.80. The Morgan fingerprint density at radius 1 is 1.60 bits per heavy atom. The van der Waals surface area contributed by atoms with Gasteiger partial charge in [-0.05, 0) is 0 Å². The van der Waals surface area contributed by atoms with Gasteiger partial charge in [0.15, 0.2) is 0 Å². The quantitative estimate of drug-likeness (QED) is 0.386. The SMILES string of the molecule is O=BCNCCCC(=O)O. The molecule has 0 saturated carbocycles. The van der Waals surface area contributed by atoms with E-state index in [0.717, 1.165) is 7.15 Å². The van der Waals surface area contributed by atoms with E-state index in [1.54, 1.807) is 0 Å². The average molecular weight is 143 g/mol. The van der Waals surface area contributed by atoms with Crippen molar-refractivity contribution in [1.82, 2.24) is 5.32 Å². The number of nitrogens with one attached hydrogen (secondary N) is 1. The van der Waals surface area contributed by atoms with Crippen molar-refractivity contribution in [3.8, 4) is 0 Å². The van der Waals surface area contributed by atoms with Crippen molar-refractivity contribution in [2.75, 3.05) is 13.0 Å². The van der Waals surface area contributed by atoms with E-state index in [-0.39, 0.29) is 6.42 Å². The van der Waals surface area contributed by atoms with Crippen LogP contribution in [0.15, 0.2) is 0 Å². The zero-order valence-corrected chi connectivity index (χ0v) is 5.67. The fraction of sp³-hybridized carbons (Fsp3) is 0.800. The molecule has 0 aromatic heterocycles. The molecule has 2 N–H and O–H groups in total. The molecule has 0 aromatic rings. The van der Waals surface area contributed by atoms with Gasteiger partial charge in [-0.25, -0.2) is 0 Å². The van der Waals surface area contributed by atoms with Gasteiger partial charge in [-0.15, -0.1) is 0 Å².